The van der Waals surface area contributed by atoms with E-state index in [9.17, 15) is 4.79 Å². The van der Waals surface area contributed by atoms with Gasteiger partial charge in [-0.3, -0.25) is 0 Å². The smallest absolute Gasteiger partial charge is 0.344 e. The van der Waals surface area contributed by atoms with Crippen LogP contribution in [0.3, 0.4) is 0 Å². The van der Waals surface area contributed by atoms with Crippen LogP contribution in [0.5, 0.6) is 0 Å². The fourth-order valence-electron chi connectivity index (χ4n) is 2.67. The lowest BCUT2D eigenvalue weighted by Crippen LogP contribution is -1.99. The number of cyclic esters (lactones) is 1. The minimum Gasteiger partial charge on any atom is -0.420 e. The Morgan fingerprint density at radius 3 is 2.17 bits per heavy atom. The molecule has 2 heterocycles. The summed E-state index contributed by atoms with van der Waals surface area (Å²) in [7, 11) is 0. The van der Waals surface area contributed by atoms with Gasteiger partial charge in [0.1, 0.15) is 12.1 Å². The van der Waals surface area contributed by atoms with Crippen LogP contribution in [0.1, 0.15) is 36.1 Å². The molecule has 0 unspecified atom stereocenters. The number of carbonyl (C=O) groups excluding carboxylic acids is 1. The van der Waals surface area contributed by atoms with E-state index in [1.165, 1.54) is 0 Å². The van der Waals surface area contributed by atoms with Crippen molar-refractivity contribution in [2.75, 3.05) is 0 Å². The average Bonchev–Trinajstić information content (AvgIpc) is 2.99. The Kier molecular flexibility index (Phi) is 4.54. The standard InChI is InChI=1S/C18H16N2O2S/c1-9(2)15-16(11(4)14-6-10(3)23-12(14)5)18(21)22-17(15)13(7-19)8-20/h6H,1-5H3/b16-11-. The number of esters is 1. The molecule has 2 rings (SSSR count). The summed E-state index contributed by atoms with van der Waals surface area (Å²) in [5.41, 5.74) is 3.43. The summed E-state index contributed by atoms with van der Waals surface area (Å²) in [6.07, 6.45) is 0. The molecule has 0 aromatic carbocycles. The molecule has 1 saturated heterocycles. The first-order valence-electron chi connectivity index (χ1n) is 7.05. The van der Waals surface area contributed by atoms with Crippen molar-refractivity contribution in [2.24, 2.45) is 0 Å². The quantitative estimate of drug-likeness (QED) is 0.438. The highest BCUT2D eigenvalue weighted by Crippen LogP contribution is 2.40. The summed E-state index contributed by atoms with van der Waals surface area (Å²) in [6.45, 7) is 9.57. The number of ether oxygens (including phenoxy) is 1. The lowest BCUT2D eigenvalue weighted by molar-refractivity contribution is -0.132. The van der Waals surface area contributed by atoms with Gasteiger partial charge in [-0.15, -0.1) is 11.3 Å². The van der Waals surface area contributed by atoms with Crippen molar-refractivity contribution in [1.82, 2.24) is 0 Å². The molecule has 1 aliphatic heterocycles. The molecule has 4 nitrogen and oxygen atoms in total. The predicted octanol–water partition coefficient (Wildman–Crippen LogP) is 4.33. The highest BCUT2D eigenvalue weighted by atomic mass is 32.1. The van der Waals surface area contributed by atoms with Gasteiger partial charge in [-0.25, -0.2) is 4.79 Å². The Labute approximate surface area is 139 Å². The van der Waals surface area contributed by atoms with Crippen molar-refractivity contribution >= 4 is 22.9 Å². The maximum atomic E-state index is 12.4. The third kappa shape index (κ3) is 2.84. The fourth-order valence-corrected chi connectivity index (χ4v) is 3.65. The average molecular weight is 324 g/mol. The fraction of sp³-hybridized carbons (Fsp3) is 0.278. The summed E-state index contributed by atoms with van der Waals surface area (Å²) in [5, 5.41) is 18.2. The van der Waals surface area contributed by atoms with E-state index in [-0.39, 0.29) is 11.3 Å². The molecule has 1 fully saturated rings. The first-order valence-corrected chi connectivity index (χ1v) is 7.86. The van der Waals surface area contributed by atoms with Crippen LogP contribution in [-0.2, 0) is 9.53 Å². The van der Waals surface area contributed by atoms with Gasteiger partial charge in [-0.2, -0.15) is 10.5 Å². The van der Waals surface area contributed by atoms with Crippen molar-refractivity contribution in [3.8, 4) is 12.1 Å². The molecule has 0 radical (unpaired) electrons. The molecule has 0 N–H and O–H groups in total. The van der Waals surface area contributed by atoms with Gasteiger partial charge in [-0.05, 0) is 51.8 Å². The normalized spacial score (nSPS) is 15.9. The molecule has 0 bridgehead atoms. The van der Waals surface area contributed by atoms with E-state index in [1.807, 2.05) is 40.7 Å². The number of thiophene rings is 1. The maximum absolute atomic E-state index is 12.4. The van der Waals surface area contributed by atoms with Crippen molar-refractivity contribution in [2.45, 2.75) is 34.6 Å². The number of nitrogens with zero attached hydrogens (tertiary/aromatic N) is 2. The van der Waals surface area contributed by atoms with E-state index < -0.39 is 5.97 Å². The zero-order valence-electron chi connectivity index (χ0n) is 13.7. The van der Waals surface area contributed by atoms with E-state index in [0.29, 0.717) is 11.1 Å². The largest absolute Gasteiger partial charge is 0.420 e. The van der Waals surface area contributed by atoms with Gasteiger partial charge in [0.25, 0.3) is 0 Å². The molecule has 0 atom stereocenters. The third-order valence-corrected chi connectivity index (χ3v) is 4.61. The highest BCUT2D eigenvalue weighted by Gasteiger charge is 2.36. The van der Waals surface area contributed by atoms with Gasteiger partial charge in [0.15, 0.2) is 11.3 Å². The first-order chi connectivity index (χ1) is 10.8. The minimum absolute atomic E-state index is 0.0685. The lowest BCUT2D eigenvalue weighted by Gasteiger charge is -2.06. The van der Waals surface area contributed by atoms with Gasteiger partial charge in [-0.1, -0.05) is 5.57 Å². The lowest BCUT2D eigenvalue weighted by atomic mass is 9.93. The molecule has 0 amide bonds. The van der Waals surface area contributed by atoms with Crippen molar-refractivity contribution < 1.29 is 9.53 Å². The molecular weight excluding hydrogens is 308 g/mol. The molecule has 0 spiro atoms. The van der Waals surface area contributed by atoms with Crippen LogP contribution >= 0.6 is 11.3 Å². The highest BCUT2D eigenvalue weighted by molar-refractivity contribution is 7.12. The van der Waals surface area contributed by atoms with Crippen molar-refractivity contribution in [3.05, 3.63) is 49.4 Å². The van der Waals surface area contributed by atoms with Crippen LogP contribution in [0.4, 0.5) is 0 Å². The molecule has 1 aromatic heterocycles. The number of allylic oxidation sites excluding steroid dienone is 4. The number of carbonyl (C=O) groups is 1. The van der Waals surface area contributed by atoms with Gasteiger partial charge in [0.2, 0.25) is 0 Å². The molecule has 5 heteroatoms. The van der Waals surface area contributed by atoms with Crippen LogP contribution in [0.15, 0.2) is 34.1 Å². The minimum atomic E-state index is -0.514. The summed E-state index contributed by atoms with van der Waals surface area (Å²) in [5.74, 6) is -0.445. The van der Waals surface area contributed by atoms with Gasteiger partial charge >= 0.3 is 5.97 Å². The zero-order chi connectivity index (χ0) is 17.3. The number of nitriles is 2. The zero-order valence-corrected chi connectivity index (χ0v) is 14.5. The summed E-state index contributed by atoms with van der Waals surface area (Å²) < 4.78 is 5.26. The third-order valence-electron chi connectivity index (χ3n) is 3.65. The SMILES string of the molecule is CC(C)=C1C(=C(C#N)C#N)OC(=O)/C1=C(/C)c1cc(C)sc1C. The maximum Gasteiger partial charge on any atom is 0.344 e. The molecule has 0 saturated carbocycles. The van der Waals surface area contributed by atoms with Gasteiger partial charge in [0.05, 0.1) is 5.57 Å². The first kappa shape index (κ1) is 16.7. The van der Waals surface area contributed by atoms with E-state index >= 15 is 0 Å². The second-order valence-corrected chi connectivity index (χ2v) is 6.98. The Hall–Kier alpha value is -2.63. The van der Waals surface area contributed by atoms with Crippen LogP contribution in [-0.4, -0.2) is 5.97 Å². The molecular formula is C18H16N2O2S. The second-order valence-electron chi connectivity index (χ2n) is 5.52. The van der Waals surface area contributed by atoms with E-state index in [1.54, 1.807) is 23.5 Å². The van der Waals surface area contributed by atoms with E-state index in [0.717, 1.165) is 26.5 Å². The van der Waals surface area contributed by atoms with Crippen LogP contribution < -0.4 is 0 Å². The topological polar surface area (TPSA) is 73.9 Å². The number of hydrogen-bond acceptors (Lipinski definition) is 5. The van der Waals surface area contributed by atoms with E-state index in [2.05, 4.69) is 0 Å². The monoisotopic (exact) mass is 324 g/mol. The molecule has 23 heavy (non-hydrogen) atoms. The molecule has 0 aliphatic carbocycles. The van der Waals surface area contributed by atoms with Crippen molar-refractivity contribution in [3.63, 3.8) is 0 Å². The van der Waals surface area contributed by atoms with Crippen molar-refractivity contribution in [1.29, 1.82) is 10.5 Å². The molecule has 116 valence electrons. The number of rotatable bonds is 1. The van der Waals surface area contributed by atoms with Gasteiger partial charge < -0.3 is 4.74 Å². The predicted molar refractivity (Wildman–Crippen MR) is 89.1 cm³/mol. The van der Waals surface area contributed by atoms with Crippen LogP contribution in [0, 0.1) is 36.5 Å². The Morgan fingerprint density at radius 2 is 1.74 bits per heavy atom. The number of hydrogen-bond donors (Lipinski definition) is 0. The summed E-state index contributed by atoms with van der Waals surface area (Å²) in [4.78, 5) is 14.7. The number of aryl methyl sites for hydroxylation is 2. The Bertz CT molecular complexity index is 863. The van der Waals surface area contributed by atoms with Crippen LogP contribution in [0.2, 0.25) is 0 Å². The van der Waals surface area contributed by atoms with E-state index in [4.69, 9.17) is 15.3 Å². The second kappa shape index (κ2) is 6.24. The van der Waals surface area contributed by atoms with Crippen LogP contribution in [0.25, 0.3) is 5.57 Å². The Balaban J connectivity index is 2.80. The molecule has 1 aliphatic rings. The summed E-state index contributed by atoms with van der Waals surface area (Å²) in [6, 6.07) is 5.64. The molecule has 1 aromatic rings. The van der Waals surface area contributed by atoms with Gasteiger partial charge in [0, 0.05) is 15.3 Å². The summed E-state index contributed by atoms with van der Waals surface area (Å²) >= 11 is 1.66. The Morgan fingerprint density at radius 1 is 1.13 bits per heavy atom.